The zero-order valence-corrected chi connectivity index (χ0v) is 13.6. The van der Waals surface area contributed by atoms with Crippen molar-refractivity contribution in [2.24, 2.45) is 0 Å². The van der Waals surface area contributed by atoms with Crippen molar-refractivity contribution in [2.45, 2.75) is 6.61 Å². The first-order chi connectivity index (χ1) is 10.6. The minimum Gasteiger partial charge on any atom is -0.496 e. The van der Waals surface area contributed by atoms with Gasteiger partial charge >= 0.3 is 5.97 Å². The Labute approximate surface area is 135 Å². The molecule has 4 nitrogen and oxygen atoms in total. The van der Waals surface area contributed by atoms with Crippen molar-refractivity contribution >= 4 is 21.9 Å². The number of rotatable bonds is 5. The molecule has 0 saturated heterocycles. The van der Waals surface area contributed by atoms with Gasteiger partial charge in [0.1, 0.15) is 29.5 Å². The summed E-state index contributed by atoms with van der Waals surface area (Å²) in [6.07, 6.45) is 0. The molecule has 0 bridgehead atoms. The molecule has 0 amide bonds. The third-order valence-corrected chi connectivity index (χ3v) is 3.50. The van der Waals surface area contributed by atoms with E-state index in [4.69, 9.17) is 14.2 Å². The van der Waals surface area contributed by atoms with Gasteiger partial charge in [-0.15, -0.1) is 0 Å². The van der Waals surface area contributed by atoms with Gasteiger partial charge in [-0.2, -0.15) is 0 Å². The van der Waals surface area contributed by atoms with Crippen LogP contribution in [0.5, 0.6) is 11.5 Å². The average molecular weight is 369 g/mol. The first kappa shape index (κ1) is 16.3. The molecule has 116 valence electrons. The van der Waals surface area contributed by atoms with Gasteiger partial charge in [0.25, 0.3) is 0 Å². The van der Waals surface area contributed by atoms with E-state index in [1.807, 2.05) is 0 Å². The van der Waals surface area contributed by atoms with Crippen LogP contribution in [-0.4, -0.2) is 20.2 Å². The van der Waals surface area contributed by atoms with Gasteiger partial charge in [-0.3, -0.25) is 0 Å². The van der Waals surface area contributed by atoms with Gasteiger partial charge < -0.3 is 14.2 Å². The van der Waals surface area contributed by atoms with E-state index in [1.54, 1.807) is 30.3 Å². The fourth-order valence-electron chi connectivity index (χ4n) is 1.91. The van der Waals surface area contributed by atoms with Crippen molar-refractivity contribution in [1.29, 1.82) is 0 Å². The molecule has 0 N–H and O–H groups in total. The molecular formula is C16H14BrFO4. The number of carbonyl (C=O) groups is 1. The first-order valence-corrected chi connectivity index (χ1v) is 7.18. The topological polar surface area (TPSA) is 44.8 Å². The van der Waals surface area contributed by atoms with Crippen molar-refractivity contribution in [3.8, 4) is 11.5 Å². The third-order valence-electron chi connectivity index (χ3n) is 3.01. The largest absolute Gasteiger partial charge is 0.496 e. The van der Waals surface area contributed by atoms with Crippen molar-refractivity contribution in [1.82, 2.24) is 0 Å². The summed E-state index contributed by atoms with van der Waals surface area (Å²) in [6.45, 7) is -0.181. The lowest BCUT2D eigenvalue weighted by Gasteiger charge is -2.12. The number of hydrogen-bond donors (Lipinski definition) is 0. The van der Waals surface area contributed by atoms with Crippen molar-refractivity contribution < 1.29 is 23.4 Å². The van der Waals surface area contributed by atoms with Crippen LogP contribution in [0.2, 0.25) is 0 Å². The van der Waals surface area contributed by atoms with Crippen LogP contribution >= 0.6 is 15.9 Å². The van der Waals surface area contributed by atoms with Crippen LogP contribution < -0.4 is 9.47 Å². The lowest BCUT2D eigenvalue weighted by molar-refractivity contribution is 0.0461. The summed E-state index contributed by atoms with van der Waals surface area (Å²) in [5.41, 5.74) is 0.454. The number of carbonyl (C=O) groups excluding carboxylic acids is 1. The molecule has 0 saturated carbocycles. The summed E-state index contributed by atoms with van der Waals surface area (Å²) in [4.78, 5) is 12.2. The molecule has 2 aromatic rings. The molecule has 0 atom stereocenters. The highest BCUT2D eigenvalue weighted by Crippen LogP contribution is 2.29. The maximum atomic E-state index is 13.7. The van der Waals surface area contributed by atoms with Crippen molar-refractivity contribution in [2.75, 3.05) is 14.2 Å². The minimum atomic E-state index is -0.642. The molecule has 2 aromatic carbocycles. The second-order valence-electron chi connectivity index (χ2n) is 4.35. The molecule has 0 heterocycles. The van der Waals surface area contributed by atoms with Crippen molar-refractivity contribution in [3.05, 3.63) is 57.8 Å². The molecule has 0 aliphatic carbocycles. The number of methoxy groups -OCH3 is 2. The predicted molar refractivity (Wildman–Crippen MR) is 82.8 cm³/mol. The standard InChI is InChI=1S/C16H14BrFO4/c1-20-13-4-3-5-14(21-2)15(13)16(19)22-9-10-6-7-11(17)8-12(10)18/h3-8H,9H2,1-2H3. The fraction of sp³-hybridized carbons (Fsp3) is 0.188. The second kappa shape index (κ2) is 7.26. The predicted octanol–water partition coefficient (Wildman–Crippen LogP) is 3.96. The Hall–Kier alpha value is -2.08. The van der Waals surface area contributed by atoms with Crippen molar-refractivity contribution in [3.63, 3.8) is 0 Å². The SMILES string of the molecule is COc1cccc(OC)c1C(=O)OCc1ccc(Br)cc1F. The molecule has 0 radical (unpaired) electrons. The Morgan fingerprint density at radius 3 is 2.32 bits per heavy atom. The van der Waals surface area contributed by atoms with E-state index in [0.29, 0.717) is 16.0 Å². The summed E-state index contributed by atoms with van der Waals surface area (Å²) in [5.74, 6) is -0.424. The molecule has 2 rings (SSSR count). The lowest BCUT2D eigenvalue weighted by Crippen LogP contribution is -2.09. The molecule has 0 aromatic heterocycles. The number of hydrogen-bond acceptors (Lipinski definition) is 4. The monoisotopic (exact) mass is 368 g/mol. The highest BCUT2D eigenvalue weighted by Gasteiger charge is 2.20. The number of esters is 1. The Balaban J connectivity index is 2.19. The average Bonchev–Trinajstić information content (AvgIpc) is 2.52. The van der Waals surface area contributed by atoms with E-state index in [0.717, 1.165) is 0 Å². The van der Waals surface area contributed by atoms with E-state index in [1.165, 1.54) is 20.3 Å². The summed E-state index contributed by atoms with van der Waals surface area (Å²) < 4.78 is 29.8. The molecule has 0 unspecified atom stereocenters. The maximum Gasteiger partial charge on any atom is 0.346 e. The number of benzene rings is 2. The van der Waals surface area contributed by atoms with Gasteiger partial charge in [0.05, 0.1) is 14.2 Å². The van der Waals surface area contributed by atoms with Crippen LogP contribution in [0.3, 0.4) is 0 Å². The van der Waals surface area contributed by atoms with Gasteiger partial charge in [-0.05, 0) is 24.3 Å². The first-order valence-electron chi connectivity index (χ1n) is 6.39. The summed E-state index contributed by atoms with van der Waals surface area (Å²) in [6, 6.07) is 9.48. The fourth-order valence-corrected chi connectivity index (χ4v) is 2.24. The minimum absolute atomic E-state index is 0.171. The van der Waals surface area contributed by atoms with Gasteiger partial charge in [0.15, 0.2) is 0 Å². The molecule has 0 fully saturated rings. The highest BCUT2D eigenvalue weighted by atomic mass is 79.9. The molecule has 0 aliphatic heterocycles. The summed E-state index contributed by atoms with van der Waals surface area (Å²) >= 11 is 3.17. The van der Waals surface area contributed by atoms with Crippen LogP contribution in [0.4, 0.5) is 4.39 Å². The van der Waals surface area contributed by atoms with Gasteiger partial charge in [-0.25, -0.2) is 9.18 Å². The van der Waals surface area contributed by atoms with Crippen LogP contribution in [0, 0.1) is 5.82 Å². The Morgan fingerprint density at radius 2 is 1.77 bits per heavy atom. The second-order valence-corrected chi connectivity index (χ2v) is 5.27. The Kier molecular flexibility index (Phi) is 5.38. The molecule has 6 heteroatoms. The van der Waals surface area contributed by atoms with E-state index in [2.05, 4.69) is 15.9 Å². The van der Waals surface area contributed by atoms with Gasteiger partial charge in [0.2, 0.25) is 0 Å². The highest BCUT2D eigenvalue weighted by molar-refractivity contribution is 9.10. The van der Waals surface area contributed by atoms with Crippen LogP contribution in [-0.2, 0) is 11.3 Å². The summed E-state index contributed by atoms with van der Waals surface area (Å²) in [5, 5.41) is 0. The van der Waals surface area contributed by atoms with Crippen LogP contribution in [0.1, 0.15) is 15.9 Å². The molecular weight excluding hydrogens is 355 g/mol. The van der Waals surface area contributed by atoms with E-state index in [-0.39, 0.29) is 17.7 Å². The Bertz CT molecular complexity index is 666. The summed E-state index contributed by atoms with van der Waals surface area (Å²) in [7, 11) is 2.89. The normalized spacial score (nSPS) is 10.2. The third kappa shape index (κ3) is 3.57. The molecule has 22 heavy (non-hydrogen) atoms. The molecule has 0 spiro atoms. The Morgan fingerprint density at radius 1 is 1.14 bits per heavy atom. The van der Waals surface area contributed by atoms with E-state index >= 15 is 0 Å². The van der Waals surface area contributed by atoms with E-state index in [9.17, 15) is 9.18 Å². The number of ether oxygens (including phenoxy) is 3. The smallest absolute Gasteiger partial charge is 0.346 e. The van der Waals surface area contributed by atoms with Gasteiger partial charge in [0, 0.05) is 10.0 Å². The van der Waals surface area contributed by atoms with E-state index < -0.39 is 11.8 Å². The zero-order valence-electron chi connectivity index (χ0n) is 12.1. The quantitative estimate of drug-likeness (QED) is 0.749. The van der Waals surface area contributed by atoms with Crippen LogP contribution in [0.25, 0.3) is 0 Å². The lowest BCUT2D eigenvalue weighted by atomic mass is 10.1. The zero-order chi connectivity index (χ0) is 16.1. The number of halogens is 2. The maximum absolute atomic E-state index is 13.7. The molecule has 0 aliphatic rings. The van der Waals surface area contributed by atoms with Crippen LogP contribution in [0.15, 0.2) is 40.9 Å². The van der Waals surface area contributed by atoms with Gasteiger partial charge in [-0.1, -0.05) is 28.1 Å².